The molecule has 0 fully saturated rings. The third-order valence-electron chi connectivity index (χ3n) is 2.20. The maximum absolute atomic E-state index is 10.5. The maximum atomic E-state index is 10.5. The number of nitrogens with two attached hydrogens (primary N) is 1. The second kappa shape index (κ2) is 5.93. The highest BCUT2D eigenvalue weighted by Gasteiger charge is 2.02. The number of benzene rings is 1. The number of nitro groups is 1. The summed E-state index contributed by atoms with van der Waals surface area (Å²) in [6, 6.07) is 7.31. The smallest absolute Gasteiger partial charge is 0.269 e. The zero-order chi connectivity index (χ0) is 14.5. The molecular weight excluding hydrogens is 284 g/mol. The predicted molar refractivity (Wildman–Crippen MR) is 75.8 cm³/mol. The number of nitrogen functional groups attached to an aromatic ring is 1. The lowest BCUT2D eigenvalue weighted by molar-refractivity contribution is -0.384. The predicted octanol–water partition coefficient (Wildman–Crippen LogP) is 2.07. The van der Waals surface area contributed by atoms with E-state index in [1.165, 1.54) is 24.4 Å². The van der Waals surface area contributed by atoms with Gasteiger partial charge < -0.3 is 5.73 Å². The van der Waals surface area contributed by atoms with E-state index in [4.69, 9.17) is 17.3 Å². The normalized spacial score (nSPS) is 10.7. The highest BCUT2D eigenvalue weighted by molar-refractivity contribution is 6.29. The summed E-state index contributed by atoms with van der Waals surface area (Å²) >= 11 is 5.71. The molecule has 1 aromatic carbocycles. The van der Waals surface area contributed by atoms with Gasteiger partial charge in [-0.05, 0) is 17.7 Å². The summed E-state index contributed by atoms with van der Waals surface area (Å²) in [6.07, 6.45) is 1.46. The zero-order valence-electron chi connectivity index (χ0n) is 10.0. The first-order valence-corrected chi connectivity index (χ1v) is 5.76. The molecule has 1 aromatic heterocycles. The lowest BCUT2D eigenvalue weighted by atomic mass is 10.2. The minimum Gasteiger partial charge on any atom is -0.383 e. The molecule has 9 heteroatoms. The number of nitrogens with zero attached hydrogens (tertiary/aromatic N) is 4. The Kier molecular flexibility index (Phi) is 4.06. The van der Waals surface area contributed by atoms with Gasteiger partial charge in [0, 0.05) is 18.2 Å². The van der Waals surface area contributed by atoms with Gasteiger partial charge in [-0.25, -0.2) is 5.43 Å². The summed E-state index contributed by atoms with van der Waals surface area (Å²) in [5.41, 5.74) is 8.75. The van der Waals surface area contributed by atoms with Gasteiger partial charge in [0.1, 0.15) is 11.0 Å². The molecule has 20 heavy (non-hydrogen) atoms. The first-order valence-electron chi connectivity index (χ1n) is 5.38. The summed E-state index contributed by atoms with van der Waals surface area (Å²) in [5, 5.41) is 14.6. The van der Waals surface area contributed by atoms with E-state index in [-0.39, 0.29) is 22.6 Å². The molecular formula is C11H9ClN6O2. The van der Waals surface area contributed by atoms with Gasteiger partial charge in [-0.2, -0.15) is 15.1 Å². The van der Waals surface area contributed by atoms with E-state index in [0.29, 0.717) is 5.56 Å². The van der Waals surface area contributed by atoms with E-state index >= 15 is 0 Å². The Hall–Kier alpha value is -2.74. The molecule has 8 nitrogen and oxygen atoms in total. The van der Waals surface area contributed by atoms with Crippen molar-refractivity contribution >= 4 is 35.3 Å². The average Bonchev–Trinajstić information content (AvgIpc) is 2.38. The van der Waals surface area contributed by atoms with Crippen LogP contribution in [0.5, 0.6) is 0 Å². The fraction of sp³-hybridized carbons (Fsp3) is 0. The maximum Gasteiger partial charge on any atom is 0.269 e. The molecule has 0 saturated carbocycles. The highest BCUT2D eigenvalue weighted by atomic mass is 35.5. The number of hydrazone groups is 1. The molecule has 0 bridgehead atoms. The van der Waals surface area contributed by atoms with Crippen molar-refractivity contribution in [2.75, 3.05) is 11.2 Å². The van der Waals surface area contributed by atoms with Crippen LogP contribution in [0.2, 0.25) is 5.15 Å². The first kappa shape index (κ1) is 13.7. The fourth-order valence-corrected chi connectivity index (χ4v) is 1.52. The topological polar surface area (TPSA) is 119 Å². The number of hydrogen-bond acceptors (Lipinski definition) is 7. The van der Waals surface area contributed by atoms with Gasteiger partial charge >= 0.3 is 0 Å². The molecule has 2 aromatic rings. The monoisotopic (exact) mass is 292 g/mol. The fourth-order valence-electron chi connectivity index (χ4n) is 1.33. The molecule has 3 N–H and O–H groups in total. The quantitative estimate of drug-likeness (QED) is 0.385. The number of rotatable bonds is 4. The third kappa shape index (κ3) is 3.62. The van der Waals surface area contributed by atoms with Gasteiger partial charge in [-0.3, -0.25) is 10.1 Å². The molecule has 0 aliphatic rings. The zero-order valence-corrected chi connectivity index (χ0v) is 10.8. The van der Waals surface area contributed by atoms with Crippen molar-refractivity contribution in [3.05, 3.63) is 51.2 Å². The summed E-state index contributed by atoms with van der Waals surface area (Å²) in [4.78, 5) is 17.8. The van der Waals surface area contributed by atoms with Crippen molar-refractivity contribution in [1.29, 1.82) is 0 Å². The van der Waals surface area contributed by atoms with Crippen LogP contribution in [0.15, 0.2) is 35.4 Å². The summed E-state index contributed by atoms with van der Waals surface area (Å²) in [6.45, 7) is 0. The van der Waals surface area contributed by atoms with Crippen LogP contribution in [0.25, 0.3) is 0 Å². The van der Waals surface area contributed by atoms with Crippen molar-refractivity contribution in [1.82, 2.24) is 9.97 Å². The molecule has 0 amide bonds. The second-order valence-corrected chi connectivity index (χ2v) is 4.05. The van der Waals surface area contributed by atoms with Gasteiger partial charge in [0.05, 0.1) is 11.1 Å². The molecule has 102 valence electrons. The lowest BCUT2D eigenvalue weighted by Crippen LogP contribution is -2.00. The molecule has 0 spiro atoms. The largest absolute Gasteiger partial charge is 0.383 e. The number of hydrogen-bond donors (Lipinski definition) is 2. The molecule has 0 aliphatic heterocycles. The standard InChI is InChI=1S/C11H9ClN6O2/c12-9-5-10(13)16-11(15-9)17-14-6-7-1-3-8(4-2-7)18(19)20/h1-6H,(H3,13,15,16,17). The molecule has 0 atom stereocenters. The Morgan fingerprint density at radius 1 is 1.35 bits per heavy atom. The Morgan fingerprint density at radius 3 is 2.65 bits per heavy atom. The first-order chi connectivity index (χ1) is 9.54. The summed E-state index contributed by atoms with van der Waals surface area (Å²) in [7, 11) is 0. The summed E-state index contributed by atoms with van der Waals surface area (Å²) in [5.74, 6) is 0.381. The molecule has 0 unspecified atom stereocenters. The number of aromatic nitrogens is 2. The van der Waals surface area contributed by atoms with Gasteiger partial charge in [0.25, 0.3) is 5.69 Å². The van der Waals surface area contributed by atoms with Crippen LogP contribution >= 0.6 is 11.6 Å². The third-order valence-corrected chi connectivity index (χ3v) is 2.39. The molecule has 0 aliphatic carbocycles. The lowest BCUT2D eigenvalue weighted by Gasteiger charge is -2.00. The van der Waals surface area contributed by atoms with E-state index < -0.39 is 4.92 Å². The van der Waals surface area contributed by atoms with Crippen LogP contribution in [0.1, 0.15) is 5.56 Å². The van der Waals surface area contributed by atoms with E-state index in [1.54, 1.807) is 12.1 Å². The van der Waals surface area contributed by atoms with Crippen molar-refractivity contribution < 1.29 is 4.92 Å². The van der Waals surface area contributed by atoms with Gasteiger partial charge in [-0.15, -0.1) is 0 Å². The van der Waals surface area contributed by atoms with E-state index in [0.717, 1.165) is 0 Å². The Balaban J connectivity index is 2.04. The van der Waals surface area contributed by atoms with E-state index in [1.807, 2.05) is 0 Å². The van der Waals surface area contributed by atoms with Crippen molar-refractivity contribution in [3.63, 3.8) is 0 Å². The molecule has 0 saturated heterocycles. The summed E-state index contributed by atoms with van der Waals surface area (Å²) < 4.78 is 0. The van der Waals surface area contributed by atoms with E-state index in [9.17, 15) is 10.1 Å². The van der Waals surface area contributed by atoms with Crippen LogP contribution in [0, 0.1) is 10.1 Å². The molecule has 2 rings (SSSR count). The van der Waals surface area contributed by atoms with Crippen LogP contribution in [-0.4, -0.2) is 21.1 Å². The average molecular weight is 293 g/mol. The second-order valence-electron chi connectivity index (χ2n) is 3.66. The number of nitrogens with one attached hydrogen (secondary N) is 1. The van der Waals surface area contributed by atoms with Crippen molar-refractivity contribution in [3.8, 4) is 0 Å². The van der Waals surface area contributed by atoms with Gasteiger partial charge in [0.2, 0.25) is 5.95 Å². The Morgan fingerprint density at radius 2 is 2.05 bits per heavy atom. The molecule has 0 radical (unpaired) electrons. The van der Waals surface area contributed by atoms with E-state index in [2.05, 4.69) is 20.5 Å². The van der Waals surface area contributed by atoms with Crippen LogP contribution in [0.3, 0.4) is 0 Å². The van der Waals surface area contributed by atoms with Crippen LogP contribution in [0.4, 0.5) is 17.5 Å². The minimum atomic E-state index is -0.470. The van der Waals surface area contributed by atoms with Gasteiger partial charge in [-0.1, -0.05) is 11.6 Å². The number of halogens is 1. The van der Waals surface area contributed by atoms with Gasteiger partial charge in [0.15, 0.2) is 0 Å². The Labute approximate surface area is 118 Å². The number of nitro benzene ring substituents is 1. The number of anilines is 2. The van der Waals surface area contributed by atoms with Crippen LogP contribution < -0.4 is 11.2 Å². The van der Waals surface area contributed by atoms with Crippen molar-refractivity contribution in [2.45, 2.75) is 0 Å². The van der Waals surface area contributed by atoms with Crippen molar-refractivity contribution in [2.24, 2.45) is 5.10 Å². The Bertz CT molecular complexity index is 638. The highest BCUT2D eigenvalue weighted by Crippen LogP contribution is 2.12. The number of non-ortho nitro benzene ring substituents is 1. The molecule has 1 heterocycles. The minimum absolute atomic E-state index is 0.0149. The van der Waals surface area contributed by atoms with Crippen LogP contribution in [-0.2, 0) is 0 Å². The SMILES string of the molecule is Nc1cc(Cl)nc(NN=Cc2ccc([N+](=O)[O-])cc2)n1.